The summed E-state index contributed by atoms with van der Waals surface area (Å²) >= 11 is 6.08. The third-order valence-corrected chi connectivity index (χ3v) is 4.07. The van der Waals surface area contributed by atoms with E-state index in [9.17, 15) is 0 Å². The van der Waals surface area contributed by atoms with Crippen molar-refractivity contribution in [3.8, 4) is 11.5 Å². The smallest absolute Gasteiger partial charge is 0.247 e. The quantitative estimate of drug-likeness (QED) is 0.645. The zero-order valence-electron chi connectivity index (χ0n) is 13.8. The van der Waals surface area contributed by atoms with Crippen LogP contribution in [0.15, 0.2) is 59.0 Å². The van der Waals surface area contributed by atoms with Gasteiger partial charge in [0.1, 0.15) is 0 Å². The molecule has 0 atom stereocenters. The van der Waals surface area contributed by atoms with Crippen molar-refractivity contribution in [1.82, 2.24) is 15.1 Å². The van der Waals surface area contributed by atoms with Crippen LogP contribution in [0.25, 0.3) is 11.5 Å². The van der Waals surface area contributed by atoms with Crippen LogP contribution in [0, 0.1) is 0 Å². The summed E-state index contributed by atoms with van der Waals surface area (Å²) in [6.45, 7) is 5.68. The molecule has 0 unspecified atom stereocenters. The van der Waals surface area contributed by atoms with E-state index in [1.54, 1.807) is 0 Å². The van der Waals surface area contributed by atoms with Crippen LogP contribution in [0.1, 0.15) is 25.3 Å². The average molecular weight is 342 g/mol. The summed E-state index contributed by atoms with van der Waals surface area (Å²) in [5.41, 5.74) is 2.10. The van der Waals surface area contributed by atoms with Crippen molar-refractivity contribution in [3.63, 3.8) is 0 Å². The molecule has 0 aliphatic heterocycles. The molecular formula is C19H20ClN3O. The Balaban J connectivity index is 1.73. The third-order valence-electron chi connectivity index (χ3n) is 3.83. The normalized spacial score (nSPS) is 11.4. The summed E-state index contributed by atoms with van der Waals surface area (Å²) in [6.07, 6.45) is 0. The van der Waals surface area contributed by atoms with E-state index >= 15 is 0 Å². The second-order valence-corrected chi connectivity index (χ2v) is 6.43. The lowest BCUT2D eigenvalue weighted by molar-refractivity contribution is 0.184. The molecule has 3 rings (SSSR count). The molecule has 0 bridgehead atoms. The maximum Gasteiger partial charge on any atom is 0.247 e. The first-order valence-electron chi connectivity index (χ1n) is 7.98. The Morgan fingerprint density at radius 2 is 1.79 bits per heavy atom. The molecule has 1 aromatic heterocycles. The second kappa shape index (κ2) is 7.60. The van der Waals surface area contributed by atoms with Gasteiger partial charge < -0.3 is 4.42 Å². The topological polar surface area (TPSA) is 42.2 Å². The Labute approximate surface area is 147 Å². The SMILES string of the molecule is CC(C)N(Cc1cccc(Cl)c1)Cc1nnc(-c2ccccc2)o1. The van der Waals surface area contributed by atoms with E-state index in [4.69, 9.17) is 16.0 Å². The molecule has 0 saturated carbocycles. The van der Waals surface area contributed by atoms with Crippen LogP contribution >= 0.6 is 11.6 Å². The van der Waals surface area contributed by atoms with Crippen LogP contribution in [0.5, 0.6) is 0 Å². The monoisotopic (exact) mass is 341 g/mol. The molecule has 5 heteroatoms. The van der Waals surface area contributed by atoms with Gasteiger partial charge in [-0.25, -0.2) is 0 Å². The minimum absolute atomic E-state index is 0.344. The van der Waals surface area contributed by atoms with E-state index in [0.29, 0.717) is 24.4 Å². The van der Waals surface area contributed by atoms with Gasteiger partial charge in [-0.2, -0.15) is 0 Å². The van der Waals surface area contributed by atoms with Gasteiger partial charge in [0.25, 0.3) is 0 Å². The maximum absolute atomic E-state index is 6.08. The Kier molecular flexibility index (Phi) is 5.28. The first-order chi connectivity index (χ1) is 11.6. The predicted molar refractivity (Wildman–Crippen MR) is 95.6 cm³/mol. The summed E-state index contributed by atoms with van der Waals surface area (Å²) < 4.78 is 5.82. The number of hydrogen-bond acceptors (Lipinski definition) is 4. The van der Waals surface area contributed by atoms with Gasteiger partial charge in [0.15, 0.2) is 0 Å². The van der Waals surface area contributed by atoms with E-state index in [0.717, 1.165) is 17.1 Å². The van der Waals surface area contributed by atoms with Crippen molar-refractivity contribution >= 4 is 11.6 Å². The minimum atomic E-state index is 0.344. The van der Waals surface area contributed by atoms with E-state index < -0.39 is 0 Å². The molecule has 124 valence electrons. The number of benzene rings is 2. The standard InChI is InChI=1S/C19H20ClN3O/c1-14(2)23(12-15-7-6-10-17(20)11-15)13-18-21-22-19(24-18)16-8-4-3-5-9-16/h3-11,14H,12-13H2,1-2H3. The Morgan fingerprint density at radius 3 is 2.50 bits per heavy atom. The summed E-state index contributed by atoms with van der Waals surface area (Å²) in [6, 6.07) is 18.1. The van der Waals surface area contributed by atoms with Crippen LogP contribution in [-0.2, 0) is 13.1 Å². The van der Waals surface area contributed by atoms with Gasteiger partial charge in [0, 0.05) is 23.2 Å². The fraction of sp³-hybridized carbons (Fsp3) is 0.263. The molecule has 0 radical (unpaired) electrons. The molecule has 0 N–H and O–H groups in total. The number of rotatable bonds is 6. The highest BCUT2D eigenvalue weighted by atomic mass is 35.5. The number of nitrogens with zero attached hydrogens (tertiary/aromatic N) is 3. The van der Waals surface area contributed by atoms with Crippen LogP contribution in [0.4, 0.5) is 0 Å². The van der Waals surface area contributed by atoms with Crippen molar-refractivity contribution in [3.05, 3.63) is 71.1 Å². The summed E-state index contributed by atoms with van der Waals surface area (Å²) in [5.74, 6) is 1.17. The lowest BCUT2D eigenvalue weighted by Crippen LogP contribution is -2.30. The van der Waals surface area contributed by atoms with Gasteiger partial charge in [-0.1, -0.05) is 41.9 Å². The number of aromatic nitrogens is 2. The first-order valence-corrected chi connectivity index (χ1v) is 8.36. The lowest BCUT2D eigenvalue weighted by atomic mass is 10.2. The average Bonchev–Trinajstić information content (AvgIpc) is 3.04. The molecule has 0 saturated heterocycles. The summed E-state index contributed by atoms with van der Waals surface area (Å²) in [7, 11) is 0. The third kappa shape index (κ3) is 4.22. The van der Waals surface area contributed by atoms with E-state index in [2.05, 4.69) is 35.0 Å². The van der Waals surface area contributed by atoms with E-state index in [1.165, 1.54) is 5.56 Å². The van der Waals surface area contributed by atoms with Gasteiger partial charge in [0.05, 0.1) is 6.54 Å². The Morgan fingerprint density at radius 1 is 1.00 bits per heavy atom. The highest BCUT2D eigenvalue weighted by Crippen LogP contribution is 2.20. The molecule has 2 aromatic carbocycles. The lowest BCUT2D eigenvalue weighted by Gasteiger charge is -2.24. The van der Waals surface area contributed by atoms with Gasteiger partial charge in [-0.3, -0.25) is 4.90 Å². The van der Waals surface area contributed by atoms with Crippen molar-refractivity contribution in [1.29, 1.82) is 0 Å². The highest BCUT2D eigenvalue weighted by Gasteiger charge is 2.16. The Hall–Kier alpha value is -2.17. The fourth-order valence-electron chi connectivity index (χ4n) is 2.48. The second-order valence-electron chi connectivity index (χ2n) is 6.00. The van der Waals surface area contributed by atoms with Crippen LogP contribution in [0.3, 0.4) is 0 Å². The maximum atomic E-state index is 6.08. The van der Waals surface area contributed by atoms with Crippen molar-refractivity contribution in [2.24, 2.45) is 0 Å². The molecule has 0 amide bonds. The van der Waals surface area contributed by atoms with Crippen LogP contribution in [0.2, 0.25) is 5.02 Å². The minimum Gasteiger partial charge on any atom is -0.419 e. The van der Waals surface area contributed by atoms with Gasteiger partial charge in [0.2, 0.25) is 11.8 Å². The predicted octanol–water partition coefficient (Wildman–Crippen LogP) is 4.80. The zero-order chi connectivity index (χ0) is 16.9. The Bertz CT molecular complexity index is 786. The molecule has 0 aliphatic rings. The van der Waals surface area contributed by atoms with E-state index in [1.807, 2.05) is 48.5 Å². The summed E-state index contributed by atoms with van der Waals surface area (Å²) in [5, 5.41) is 9.10. The van der Waals surface area contributed by atoms with Gasteiger partial charge in [-0.15, -0.1) is 10.2 Å². The number of halogens is 1. The van der Waals surface area contributed by atoms with Crippen LogP contribution in [-0.4, -0.2) is 21.1 Å². The van der Waals surface area contributed by atoms with Gasteiger partial charge in [-0.05, 0) is 43.7 Å². The number of hydrogen-bond donors (Lipinski definition) is 0. The fourth-order valence-corrected chi connectivity index (χ4v) is 2.69. The van der Waals surface area contributed by atoms with Crippen LogP contribution < -0.4 is 0 Å². The molecule has 0 fully saturated rings. The molecule has 24 heavy (non-hydrogen) atoms. The molecule has 0 spiro atoms. The zero-order valence-corrected chi connectivity index (χ0v) is 14.6. The highest BCUT2D eigenvalue weighted by molar-refractivity contribution is 6.30. The van der Waals surface area contributed by atoms with E-state index in [-0.39, 0.29) is 0 Å². The van der Waals surface area contributed by atoms with Crippen molar-refractivity contribution in [2.45, 2.75) is 33.0 Å². The molecular weight excluding hydrogens is 322 g/mol. The largest absolute Gasteiger partial charge is 0.419 e. The molecule has 0 aliphatic carbocycles. The summed E-state index contributed by atoms with van der Waals surface area (Å²) in [4.78, 5) is 2.27. The molecule has 3 aromatic rings. The molecule has 1 heterocycles. The van der Waals surface area contributed by atoms with Crippen molar-refractivity contribution < 1.29 is 4.42 Å². The molecule has 4 nitrogen and oxygen atoms in total. The van der Waals surface area contributed by atoms with Crippen molar-refractivity contribution in [2.75, 3.05) is 0 Å². The van der Waals surface area contributed by atoms with Gasteiger partial charge >= 0.3 is 0 Å². The first kappa shape index (κ1) is 16.7.